The minimum atomic E-state index is -0.660. The Balaban J connectivity index is 1.53. The van der Waals surface area contributed by atoms with Crippen molar-refractivity contribution in [2.75, 3.05) is 26.1 Å². The number of nitrogens with one attached hydrogen (secondary N) is 1. The van der Waals surface area contributed by atoms with Gasteiger partial charge >= 0.3 is 0 Å². The van der Waals surface area contributed by atoms with Crippen LogP contribution < -0.4 is 15.0 Å². The fourth-order valence-electron chi connectivity index (χ4n) is 5.73. The largest absolute Gasteiger partial charge is 0.496 e. The number of benzene rings is 3. The van der Waals surface area contributed by atoms with Crippen LogP contribution in [0, 0.1) is 11.6 Å². The molecule has 5 rings (SSSR count). The second-order valence-corrected chi connectivity index (χ2v) is 12.3. The molecule has 1 aromatic heterocycles. The summed E-state index contributed by atoms with van der Waals surface area (Å²) < 4.78 is 35.1. The topological polar surface area (TPSA) is 61.9 Å². The summed E-state index contributed by atoms with van der Waals surface area (Å²) in [5.41, 5.74) is 3.44. The Kier molecular flexibility index (Phi) is 9.34. The van der Waals surface area contributed by atoms with Crippen molar-refractivity contribution in [1.29, 1.82) is 0 Å². The summed E-state index contributed by atoms with van der Waals surface area (Å²) in [6, 6.07) is 15.8. The number of fused-ring (bicyclic) bond motifs is 1. The van der Waals surface area contributed by atoms with Gasteiger partial charge in [0.2, 0.25) is 5.91 Å². The van der Waals surface area contributed by atoms with Crippen LogP contribution in [0.1, 0.15) is 47.8 Å². The van der Waals surface area contributed by atoms with Gasteiger partial charge in [-0.2, -0.15) is 0 Å². The van der Waals surface area contributed by atoms with Crippen LogP contribution in [0.15, 0.2) is 54.6 Å². The predicted octanol–water partition coefficient (Wildman–Crippen LogP) is 7.66. The number of thiophene rings is 1. The highest BCUT2D eigenvalue weighted by Crippen LogP contribution is 2.40. The number of carbonyl (C=O) groups excluding carboxylic acids is 2. The van der Waals surface area contributed by atoms with Gasteiger partial charge in [0.25, 0.3) is 5.91 Å². The fourth-order valence-corrected chi connectivity index (χ4v) is 7.24. The second kappa shape index (κ2) is 13.0. The summed E-state index contributed by atoms with van der Waals surface area (Å²) in [5, 5.41) is 3.20. The van der Waals surface area contributed by atoms with E-state index < -0.39 is 11.6 Å². The van der Waals surface area contributed by atoms with Crippen LogP contribution in [0.3, 0.4) is 0 Å². The van der Waals surface area contributed by atoms with E-state index in [1.807, 2.05) is 49.5 Å². The molecule has 1 heterocycles. The molecule has 1 N–H and O–H groups in total. The SMILES string of the molecule is CN[C@H]1CC[C@@H](N(Cc2cc(-c3ccc(N(C)C(C)=O)cc3)ccc2OC)C(=O)c2sc3c(F)ccc(F)c3c2Cl)CC1. The molecule has 1 saturated carbocycles. The number of ether oxygens (including phenoxy) is 1. The van der Waals surface area contributed by atoms with Gasteiger partial charge in [0.05, 0.1) is 22.2 Å². The summed E-state index contributed by atoms with van der Waals surface area (Å²) >= 11 is 7.46. The minimum Gasteiger partial charge on any atom is -0.496 e. The number of hydrogen-bond acceptors (Lipinski definition) is 5. The van der Waals surface area contributed by atoms with Crippen molar-refractivity contribution >= 4 is 50.5 Å². The van der Waals surface area contributed by atoms with E-state index in [2.05, 4.69) is 5.32 Å². The first-order valence-corrected chi connectivity index (χ1v) is 15.4. The van der Waals surface area contributed by atoms with Crippen LogP contribution in [-0.4, -0.2) is 50.0 Å². The number of anilines is 1. The first-order valence-electron chi connectivity index (χ1n) is 14.2. The molecule has 1 fully saturated rings. The van der Waals surface area contributed by atoms with Crippen molar-refractivity contribution in [1.82, 2.24) is 10.2 Å². The predicted molar refractivity (Wildman–Crippen MR) is 169 cm³/mol. The summed E-state index contributed by atoms with van der Waals surface area (Å²) in [6.45, 7) is 1.74. The lowest BCUT2D eigenvalue weighted by molar-refractivity contribution is -0.116. The summed E-state index contributed by atoms with van der Waals surface area (Å²) in [4.78, 5) is 29.5. The van der Waals surface area contributed by atoms with Crippen LogP contribution in [-0.2, 0) is 11.3 Å². The van der Waals surface area contributed by atoms with Crippen LogP contribution in [0.25, 0.3) is 21.2 Å². The third kappa shape index (κ3) is 6.25. The van der Waals surface area contributed by atoms with Crippen molar-refractivity contribution in [3.63, 3.8) is 0 Å². The van der Waals surface area contributed by atoms with Crippen molar-refractivity contribution in [2.24, 2.45) is 0 Å². The van der Waals surface area contributed by atoms with Crippen LogP contribution >= 0.6 is 22.9 Å². The number of hydrogen-bond donors (Lipinski definition) is 1. The van der Waals surface area contributed by atoms with Crippen LogP contribution in [0.5, 0.6) is 5.75 Å². The molecule has 6 nitrogen and oxygen atoms in total. The molecule has 0 atom stereocenters. The van der Waals surface area contributed by atoms with Crippen molar-refractivity contribution < 1.29 is 23.1 Å². The second-order valence-electron chi connectivity index (χ2n) is 10.9. The molecule has 4 aromatic rings. The molecule has 1 aliphatic rings. The standard InChI is InChI=1S/C33H34ClF2N3O3S/c1-19(40)38(3)24-10-5-20(6-11-24)21-7-16-28(42-4)22(17-21)18-39(25-12-8-23(37-2)9-13-25)33(41)32-30(34)29-26(35)14-15-27(36)31(29)43-32/h5-7,10-11,14-17,23,25,37H,8-9,12-13,18H2,1-4H3/t23-,25+. The highest BCUT2D eigenvalue weighted by molar-refractivity contribution is 7.21. The molecule has 0 unspecified atom stereocenters. The lowest BCUT2D eigenvalue weighted by atomic mass is 9.89. The lowest BCUT2D eigenvalue weighted by Crippen LogP contribution is -2.44. The molecular formula is C33H34ClF2N3O3S. The molecule has 0 bridgehead atoms. The minimum absolute atomic E-state index is 0.0330. The molecular weight excluding hydrogens is 592 g/mol. The van der Waals surface area contributed by atoms with E-state index in [0.29, 0.717) is 11.8 Å². The Morgan fingerprint density at radius 2 is 1.65 bits per heavy atom. The average molecular weight is 626 g/mol. The number of methoxy groups -OCH3 is 1. The molecule has 43 heavy (non-hydrogen) atoms. The third-order valence-electron chi connectivity index (χ3n) is 8.36. The smallest absolute Gasteiger partial charge is 0.266 e. The Hall–Kier alpha value is -3.53. The Bertz CT molecular complexity index is 1650. The van der Waals surface area contributed by atoms with E-state index >= 15 is 0 Å². The molecule has 2 amide bonds. The normalized spacial score (nSPS) is 16.7. The fraction of sp³-hybridized carbons (Fsp3) is 0.333. The summed E-state index contributed by atoms with van der Waals surface area (Å²) in [7, 11) is 5.25. The summed E-state index contributed by atoms with van der Waals surface area (Å²) in [6.07, 6.45) is 3.34. The lowest BCUT2D eigenvalue weighted by Gasteiger charge is -2.37. The van der Waals surface area contributed by atoms with Gasteiger partial charge in [0, 0.05) is 43.9 Å². The number of rotatable bonds is 8. The molecule has 0 spiro atoms. The van der Waals surface area contributed by atoms with E-state index in [0.717, 1.165) is 71.5 Å². The van der Waals surface area contributed by atoms with Gasteiger partial charge in [-0.25, -0.2) is 8.78 Å². The number of amides is 2. The number of nitrogens with zero attached hydrogens (tertiary/aromatic N) is 2. The zero-order valence-electron chi connectivity index (χ0n) is 24.5. The van der Waals surface area contributed by atoms with E-state index in [4.69, 9.17) is 16.3 Å². The van der Waals surface area contributed by atoms with Gasteiger partial charge in [-0.1, -0.05) is 29.8 Å². The van der Waals surface area contributed by atoms with E-state index in [1.54, 1.807) is 24.0 Å². The molecule has 0 saturated heterocycles. The quantitative estimate of drug-likeness (QED) is 0.218. The van der Waals surface area contributed by atoms with Gasteiger partial charge in [-0.05, 0) is 80.3 Å². The maximum Gasteiger partial charge on any atom is 0.266 e. The molecule has 3 aromatic carbocycles. The molecule has 0 radical (unpaired) electrons. The Labute approximate surface area is 259 Å². The van der Waals surface area contributed by atoms with Gasteiger partial charge in [-0.15, -0.1) is 11.3 Å². The molecule has 10 heteroatoms. The van der Waals surface area contributed by atoms with E-state index in [9.17, 15) is 18.4 Å². The van der Waals surface area contributed by atoms with Gasteiger partial charge < -0.3 is 19.9 Å². The van der Waals surface area contributed by atoms with Crippen molar-refractivity contribution in [3.8, 4) is 16.9 Å². The maximum atomic E-state index is 14.7. The zero-order chi connectivity index (χ0) is 30.8. The van der Waals surface area contributed by atoms with Crippen molar-refractivity contribution in [3.05, 3.63) is 81.7 Å². The van der Waals surface area contributed by atoms with Crippen molar-refractivity contribution in [2.45, 2.75) is 51.2 Å². The maximum absolute atomic E-state index is 14.7. The summed E-state index contributed by atoms with van der Waals surface area (Å²) in [5.74, 6) is -1.07. The highest BCUT2D eigenvalue weighted by atomic mass is 35.5. The monoisotopic (exact) mass is 625 g/mol. The number of halogens is 3. The van der Waals surface area contributed by atoms with Gasteiger partial charge in [0.15, 0.2) is 0 Å². The average Bonchev–Trinajstić information content (AvgIpc) is 3.39. The molecule has 1 aliphatic carbocycles. The van der Waals surface area contributed by atoms with Crippen LogP contribution in [0.2, 0.25) is 5.02 Å². The Morgan fingerprint density at radius 1 is 1.00 bits per heavy atom. The zero-order valence-corrected chi connectivity index (χ0v) is 26.1. The molecule has 226 valence electrons. The van der Waals surface area contributed by atoms with Crippen LogP contribution in [0.4, 0.5) is 14.5 Å². The van der Waals surface area contributed by atoms with E-state index in [1.165, 1.54) is 6.92 Å². The van der Waals surface area contributed by atoms with Gasteiger partial charge in [-0.3, -0.25) is 9.59 Å². The highest BCUT2D eigenvalue weighted by Gasteiger charge is 2.33. The molecule has 0 aliphatic heterocycles. The van der Waals surface area contributed by atoms with E-state index in [-0.39, 0.29) is 44.4 Å². The third-order valence-corrected chi connectivity index (χ3v) is 10.0. The van der Waals surface area contributed by atoms with Gasteiger partial charge in [0.1, 0.15) is 22.3 Å². The Morgan fingerprint density at radius 3 is 2.26 bits per heavy atom. The first-order chi connectivity index (χ1) is 20.6. The number of carbonyl (C=O) groups is 2. The first kappa shape index (κ1) is 30.9.